The maximum absolute atomic E-state index is 11.4. The first kappa shape index (κ1) is 26.5. The van der Waals surface area contributed by atoms with Gasteiger partial charge in [-0.15, -0.1) is 0 Å². The molecule has 2 aromatic heterocycles. The van der Waals surface area contributed by atoms with Gasteiger partial charge in [0.25, 0.3) is 0 Å². The van der Waals surface area contributed by atoms with Crippen molar-refractivity contribution < 1.29 is 42.2 Å². The summed E-state index contributed by atoms with van der Waals surface area (Å²) in [6.07, 6.45) is 1.73. The van der Waals surface area contributed by atoms with Crippen molar-refractivity contribution >= 4 is 21.8 Å². The van der Waals surface area contributed by atoms with Crippen molar-refractivity contribution in [2.75, 3.05) is 0 Å². The Labute approximate surface area is 184 Å². The first-order valence-electron chi connectivity index (χ1n) is 8.73. The van der Waals surface area contributed by atoms with Crippen LogP contribution in [0.25, 0.3) is 21.8 Å². The van der Waals surface area contributed by atoms with Crippen LogP contribution in [-0.4, -0.2) is 9.97 Å². The first-order chi connectivity index (χ1) is 12.6. The number of para-hydroxylation sites is 2. The fourth-order valence-electron chi connectivity index (χ4n) is 2.71. The molecule has 154 valence electrons. The summed E-state index contributed by atoms with van der Waals surface area (Å²) in [5, 5.41) is 24.6. The maximum atomic E-state index is 11.4. The first-order valence-corrected chi connectivity index (χ1v) is 8.73. The number of aryl methyl sites for hydroxylation is 2. The minimum Gasteiger partial charge on any atom is -2.00 e. The third-order valence-electron chi connectivity index (χ3n) is 4.21. The second kappa shape index (κ2) is 12.1. The monoisotopic (exact) mass is 474 g/mol. The normalized spacial score (nSPS) is 9.45. The van der Waals surface area contributed by atoms with Crippen LogP contribution in [0.15, 0.2) is 60.7 Å². The molecule has 0 N–H and O–H groups in total. The molecular formula is C22H20MoN2O4-6. The number of hydrogen-bond donors (Lipinski definition) is 0. The minimum absolute atomic E-state index is 0. The SMILES string of the molecule is CCc1ccc2cccc([O-])c2n1.CCc1ccc2cccc([O-])c2n1.[Mo].[O-2].[O-2]. The van der Waals surface area contributed by atoms with E-state index in [1.807, 2.05) is 50.2 Å². The van der Waals surface area contributed by atoms with Crippen molar-refractivity contribution in [3.63, 3.8) is 0 Å². The molecule has 0 aliphatic heterocycles. The summed E-state index contributed by atoms with van der Waals surface area (Å²) in [5.74, 6) is 0.0144. The summed E-state index contributed by atoms with van der Waals surface area (Å²) in [6, 6.07) is 18.3. The van der Waals surface area contributed by atoms with Crippen LogP contribution in [0.5, 0.6) is 11.5 Å². The standard InChI is InChI=1S/2C11H11NO.Mo.2O/c2*1-2-9-7-6-8-4-3-5-10(13)11(8)12-9;;;/h2*3-7,13H,2H2,1H3;;;/q;;;2*-2/p-2. The molecule has 2 aromatic carbocycles. The van der Waals surface area contributed by atoms with Gasteiger partial charge in [-0.25, -0.2) is 0 Å². The zero-order valence-corrected chi connectivity index (χ0v) is 18.1. The summed E-state index contributed by atoms with van der Waals surface area (Å²) in [5.41, 5.74) is 3.11. The van der Waals surface area contributed by atoms with Gasteiger partial charge in [0.1, 0.15) is 0 Å². The maximum Gasteiger partial charge on any atom is 0.0626 e. The number of nitrogens with zero attached hydrogens (tertiary/aromatic N) is 2. The quantitative estimate of drug-likeness (QED) is 0.414. The fraction of sp³-hybridized carbons (Fsp3) is 0.182. The predicted molar refractivity (Wildman–Crippen MR) is 103 cm³/mol. The van der Waals surface area contributed by atoms with Gasteiger partial charge in [-0.3, -0.25) is 9.97 Å². The van der Waals surface area contributed by atoms with E-state index in [0.29, 0.717) is 11.0 Å². The van der Waals surface area contributed by atoms with Crippen LogP contribution in [0.2, 0.25) is 0 Å². The van der Waals surface area contributed by atoms with Crippen molar-refractivity contribution in [2.24, 2.45) is 0 Å². The Morgan fingerprint density at radius 3 is 1.34 bits per heavy atom. The number of fused-ring (bicyclic) bond motifs is 2. The Morgan fingerprint density at radius 1 is 0.621 bits per heavy atom. The van der Waals surface area contributed by atoms with E-state index in [1.54, 1.807) is 24.3 Å². The molecule has 0 bridgehead atoms. The Morgan fingerprint density at radius 2 is 1.00 bits per heavy atom. The molecule has 7 heteroatoms. The van der Waals surface area contributed by atoms with Crippen LogP contribution in [0.4, 0.5) is 0 Å². The molecule has 0 spiro atoms. The molecular weight excluding hydrogens is 452 g/mol. The molecule has 2 heterocycles. The topological polar surface area (TPSA) is 129 Å². The van der Waals surface area contributed by atoms with Crippen molar-refractivity contribution in [1.82, 2.24) is 9.97 Å². The molecule has 0 radical (unpaired) electrons. The van der Waals surface area contributed by atoms with E-state index in [-0.39, 0.29) is 43.5 Å². The molecule has 0 aliphatic carbocycles. The molecule has 0 unspecified atom stereocenters. The zero-order valence-electron chi connectivity index (χ0n) is 16.1. The van der Waals surface area contributed by atoms with E-state index >= 15 is 0 Å². The average molecular weight is 472 g/mol. The predicted octanol–water partition coefficient (Wildman–Crippen LogP) is 3.50. The molecule has 6 nitrogen and oxygen atoms in total. The summed E-state index contributed by atoms with van der Waals surface area (Å²) in [7, 11) is 0. The average Bonchev–Trinajstić information content (AvgIpc) is 2.69. The van der Waals surface area contributed by atoms with Crippen molar-refractivity contribution in [2.45, 2.75) is 26.7 Å². The van der Waals surface area contributed by atoms with Crippen LogP contribution in [0.3, 0.4) is 0 Å². The molecule has 0 saturated carbocycles. The van der Waals surface area contributed by atoms with Crippen LogP contribution < -0.4 is 10.2 Å². The molecule has 0 amide bonds. The summed E-state index contributed by atoms with van der Waals surface area (Å²) < 4.78 is 0. The van der Waals surface area contributed by atoms with Gasteiger partial charge in [-0.1, -0.05) is 73.9 Å². The van der Waals surface area contributed by atoms with Crippen LogP contribution in [-0.2, 0) is 44.9 Å². The molecule has 4 rings (SSSR count). The van der Waals surface area contributed by atoms with E-state index < -0.39 is 0 Å². The number of aromatic nitrogens is 2. The van der Waals surface area contributed by atoms with Gasteiger partial charge in [0.15, 0.2) is 0 Å². The largest absolute Gasteiger partial charge is 2.00 e. The van der Waals surface area contributed by atoms with Gasteiger partial charge in [0.2, 0.25) is 0 Å². The number of benzene rings is 2. The van der Waals surface area contributed by atoms with Gasteiger partial charge >= 0.3 is 0 Å². The summed E-state index contributed by atoms with van der Waals surface area (Å²) >= 11 is 0. The fourth-order valence-corrected chi connectivity index (χ4v) is 2.71. The summed E-state index contributed by atoms with van der Waals surface area (Å²) in [4.78, 5) is 8.56. The third kappa shape index (κ3) is 6.23. The third-order valence-corrected chi connectivity index (χ3v) is 4.21. The Balaban J connectivity index is 0.000000490. The van der Waals surface area contributed by atoms with E-state index in [2.05, 4.69) is 9.97 Å². The van der Waals surface area contributed by atoms with Gasteiger partial charge in [-0.2, -0.15) is 0 Å². The zero-order chi connectivity index (χ0) is 18.5. The van der Waals surface area contributed by atoms with Crippen molar-refractivity contribution in [3.8, 4) is 11.5 Å². The Hall–Kier alpha value is -2.53. The van der Waals surface area contributed by atoms with E-state index in [9.17, 15) is 10.2 Å². The molecule has 0 aliphatic rings. The van der Waals surface area contributed by atoms with E-state index in [1.165, 1.54) is 0 Å². The molecule has 4 aromatic rings. The van der Waals surface area contributed by atoms with Crippen molar-refractivity contribution in [3.05, 3.63) is 72.1 Å². The Bertz CT molecular complexity index is 972. The number of rotatable bonds is 2. The summed E-state index contributed by atoms with van der Waals surface area (Å²) in [6.45, 7) is 4.06. The minimum atomic E-state index is 0. The smallest absolute Gasteiger partial charge is 0.0626 e. The van der Waals surface area contributed by atoms with Crippen LogP contribution in [0.1, 0.15) is 25.2 Å². The van der Waals surface area contributed by atoms with Crippen LogP contribution in [0, 0.1) is 0 Å². The van der Waals surface area contributed by atoms with Crippen molar-refractivity contribution in [1.29, 1.82) is 0 Å². The van der Waals surface area contributed by atoms with Gasteiger partial charge < -0.3 is 21.2 Å². The van der Waals surface area contributed by atoms with Gasteiger partial charge in [0.05, 0.1) is 11.0 Å². The number of pyridine rings is 2. The second-order valence-electron chi connectivity index (χ2n) is 5.97. The molecule has 0 atom stereocenters. The number of hydrogen-bond acceptors (Lipinski definition) is 4. The van der Waals surface area contributed by atoms with E-state index in [4.69, 9.17) is 0 Å². The molecule has 0 saturated heterocycles. The second-order valence-corrected chi connectivity index (χ2v) is 5.97. The van der Waals surface area contributed by atoms with Gasteiger partial charge in [-0.05, 0) is 35.7 Å². The molecule has 0 fully saturated rings. The van der Waals surface area contributed by atoms with E-state index in [0.717, 1.165) is 35.0 Å². The molecule has 29 heavy (non-hydrogen) atoms. The van der Waals surface area contributed by atoms with Gasteiger partial charge in [0, 0.05) is 32.5 Å². The van der Waals surface area contributed by atoms with Crippen LogP contribution >= 0.6 is 0 Å². The Kier molecular flexibility index (Phi) is 11.1.